The van der Waals surface area contributed by atoms with E-state index in [0.717, 1.165) is 43.9 Å². The minimum atomic E-state index is -0.185. The van der Waals surface area contributed by atoms with E-state index >= 15 is 0 Å². The summed E-state index contributed by atoms with van der Waals surface area (Å²) in [6.07, 6.45) is 1.14. The van der Waals surface area contributed by atoms with E-state index in [0.29, 0.717) is 19.1 Å². The van der Waals surface area contributed by atoms with Gasteiger partial charge in [0.05, 0.1) is 13.2 Å². The van der Waals surface area contributed by atoms with Gasteiger partial charge in [-0.3, -0.25) is 0 Å². The lowest BCUT2D eigenvalue weighted by Crippen LogP contribution is -2.27. The predicted octanol–water partition coefficient (Wildman–Crippen LogP) is 2.98. The third-order valence-corrected chi connectivity index (χ3v) is 4.16. The van der Waals surface area contributed by atoms with Gasteiger partial charge in [-0.25, -0.2) is 4.39 Å². The van der Waals surface area contributed by atoms with Gasteiger partial charge in [0.15, 0.2) is 0 Å². The minimum Gasteiger partial charge on any atom is -0.379 e. The molecule has 0 bridgehead atoms. The number of likely N-dealkylation sites (N-methyl/N-ethyl adjacent to an activating group) is 1. The average Bonchev–Trinajstić information content (AvgIpc) is 2.53. The zero-order valence-electron chi connectivity index (χ0n) is 15.9. The number of nitrogens with zero attached hydrogens (tertiary/aromatic N) is 2. The lowest BCUT2D eigenvalue weighted by Gasteiger charge is -2.25. The zero-order valence-corrected chi connectivity index (χ0v) is 15.9. The molecule has 0 radical (unpaired) electrons. The number of ether oxygens (including phenoxy) is 1. The Bertz CT molecular complexity index is 468. The highest BCUT2D eigenvalue weighted by atomic mass is 19.1. The van der Waals surface area contributed by atoms with Gasteiger partial charge in [-0.05, 0) is 43.8 Å². The maximum atomic E-state index is 13.6. The second-order valence-electron chi connectivity index (χ2n) is 6.76. The van der Waals surface area contributed by atoms with Crippen LogP contribution in [0.15, 0.2) is 18.2 Å². The first-order valence-corrected chi connectivity index (χ1v) is 8.86. The van der Waals surface area contributed by atoms with Gasteiger partial charge in [0.2, 0.25) is 0 Å². The number of hydrogen-bond acceptors (Lipinski definition) is 4. The lowest BCUT2D eigenvalue weighted by molar-refractivity contribution is 0.119. The lowest BCUT2D eigenvalue weighted by atomic mass is 10.1. The summed E-state index contributed by atoms with van der Waals surface area (Å²) in [4.78, 5) is 4.32. The van der Waals surface area contributed by atoms with E-state index in [9.17, 15) is 4.39 Å². The normalized spacial score (nSPS) is 12.6. The molecule has 0 fully saturated rings. The summed E-state index contributed by atoms with van der Waals surface area (Å²) >= 11 is 0. The predicted molar refractivity (Wildman–Crippen MR) is 100 cm³/mol. The van der Waals surface area contributed by atoms with Crippen LogP contribution in [0.1, 0.15) is 25.8 Å². The zero-order chi connectivity index (χ0) is 17.9. The van der Waals surface area contributed by atoms with E-state index in [2.05, 4.69) is 36.0 Å². The summed E-state index contributed by atoms with van der Waals surface area (Å²) in [5, 5.41) is 3.35. The van der Waals surface area contributed by atoms with Crippen LogP contribution in [0.2, 0.25) is 0 Å². The molecule has 1 aromatic carbocycles. The maximum Gasteiger partial charge on any atom is 0.123 e. The van der Waals surface area contributed by atoms with Crippen LogP contribution in [-0.2, 0) is 11.3 Å². The van der Waals surface area contributed by atoms with Crippen LogP contribution < -0.4 is 10.2 Å². The maximum absolute atomic E-state index is 13.6. The molecule has 1 atom stereocenters. The van der Waals surface area contributed by atoms with Crippen LogP contribution >= 0.6 is 0 Å². The number of anilines is 1. The monoisotopic (exact) mass is 339 g/mol. The molecule has 0 amide bonds. The van der Waals surface area contributed by atoms with E-state index in [1.807, 2.05) is 20.2 Å². The number of nitrogens with one attached hydrogen (secondary N) is 1. The van der Waals surface area contributed by atoms with E-state index in [1.54, 1.807) is 6.07 Å². The van der Waals surface area contributed by atoms with Crippen molar-refractivity contribution in [2.24, 2.45) is 5.92 Å². The largest absolute Gasteiger partial charge is 0.379 e. The molecular weight excluding hydrogens is 305 g/mol. The van der Waals surface area contributed by atoms with Crippen LogP contribution in [0.3, 0.4) is 0 Å². The molecule has 1 aromatic rings. The van der Waals surface area contributed by atoms with Gasteiger partial charge in [-0.2, -0.15) is 0 Å². The van der Waals surface area contributed by atoms with Crippen molar-refractivity contribution in [2.75, 3.05) is 58.9 Å². The highest BCUT2D eigenvalue weighted by molar-refractivity contribution is 5.53. The van der Waals surface area contributed by atoms with Crippen molar-refractivity contribution in [1.82, 2.24) is 10.2 Å². The molecule has 0 aliphatic carbocycles. The Morgan fingerprint density at radius 2 is 1.96 bits per heavy atom. The van der Waals surface area contributed by atoms with Gasteiger partial charge in [0, 0.05) is 38.9 Å². The summed E-state index contributed by atoms with van der Waals surface area (Å²) < 4.78 is 19.2. The Labute approximate surface area is 147 Å². The first-order chi connectivity index (χ1) is 11.4. The van der Waals surface area contributed by atoms with E-state index < -0.39 is 0 Å². The average molecular weight is 339 g/mol. The molecule has 0 saturated carbocycles. The molecule has 24 heavy (non-hydrogen) atoms. The van der Waals surface area contributed by atoms with Gasteiger partial charge in [0.1, 0.15) is 5.82 Å². The van der Waals surface area contributed by atoms with Crippen molar-refractivity contribution in [1.29, 1.82) is 0 Å². The molecule has 0 saturated heterocycles. The quantitative estimate of drug-likeness (QED) is 0.593. The molecule has 5 heteroatoms. The topological polar surface area (TPSA) is 27.7 Å². The SMILES string of the molecule is CC[C@@H](C)CN(C)c1ccc(F)cc1CNCCOCCN(C)C. The fraction of sp³-hybridized carbons (Fsp3) is 0.684. The standard InChI is InChI=1S/C19H34FN3O/c1-6-16(2)15-23(5)19-8-7-18(20)13-17(19)14-21-9-11-24-12-10-22(3)4/h7-8,13,16,21H,6,9-12,14-15H2,1-5H3/t16-/m1/s1. The molecule has 1 rings (SSSR count). The number of benzene rings is 1. The first-order valence-electron chi connectivity index (χ1n) is 8.86. The van der Waals surface area contributed by atoms with E-state index in [4.69, 9.17) is 4.74 Å². The molecule has 1 N–H and O–H groups in total. The Kier molecular flexibility index (Phi) is 9.91. The molecular formula is C19H34FN3O. The van der Waals surface area contributed by atoms with Gasteiger partial charge in [-0.1, -0.05) is 20.3 Å². The van der Waals surface area contributed by atoms with E-state index in [1.165, 1.54) is 6.07 Å². The van der Waals surface area contributed by atoms with Crippen molar-refractivity contribution >= 4 is 5.69 Å². The number of halogens is 1. The van der Waals surface area contributed by atoms with Gasteiger partial charge < -0.3 is 19.9 Å². The Hall–Kier alpha value is -1.17. The number of hydrogen-bond donors (Lipinski definition) is 1. The van der Waals surface area contributed by atoms with Crippen LogP contribution in [-0.4, -0.2) is 58.9 Å². The summed E-state index contributed by atoms with van der Waals surface area (Å²) in [5.74, 6) is 0.431. The fourth-order valence-electron chi connectivity index (χ4n) is 2.48. The van der Waals surface area contributed by atoms with Crippen molar-refractivity contribution in [2.45, 2.75) is 26.8 Å². The molecule has 4 nitrogen and oxygen atoms in total. The Morgan fingerprint density at radius 3 is 2.62 bits per heavy atom. The van der Waals surface area contributed by atoms with E-state index in [-0.39, 0.29) is 5.82 Å². The molecule has 0 aliphatic heterocycles. The third-order valence-electron chi connectivity index (χ3n) is 4.16. The Balaban J connectivity index is 2.47. The highest BCUT2D eigenvalue weighted by Crippen LogP contribution is 2.22. The number of rotatable bonds is 12. The Morgan fingerprint density at radius 1 is 1.21 bits per heavy atom. The van der Waals surface area contributed by atoms with Crippen molar-refractivity contribution in [3.63, 3.8) is 0 Å². The summed E-state index contributed by atoms with van der Waals surface area (Å²) in [7, 11) is 6.14. The van der Waals surface area contributed by atoms with Gasteiger partial charge >= 0.3 is 0 Å². The van der Waals surface area contributed by atoms with Gasteiger partial charge in [0.25, 0.3) is 0 Å². The van der Waals surface area contributed by atoms with Crippen LogP contribution in [0.25, 0.3) is 0 Å². The van der Waals surface area contributed by atoms with Crippen molar-refractivity contribution in [3.8, 4) is 0 Å². The summed E-state index contributed by atoms with van der Waals surface area (Å²) in [5.41, 5.74) is 2.09. The summed E-state index contributed by atoms with van der Waals surface area (Å²) in [6, 6.07) is 5.04. The second-order valence-corrected chi connectivity index (χ2v) is 6.76. The molecule has 0 heterocycles. The van der Waals surface area contributed by atoms with Crippen LogP contribution in [0, 0.1) is 11.7 Å². The second kappa shape index (κ2) is 11.4. The summed E-state index contributed by atoms with van der Waals surface area (Å²) in [6.45, 7) is 9.15. The molecule has 0 spiro atoms. The molecule has 0 aliphatic rings. The molecule has 138 valence electrons. The van der Waals surface area contributed by atoms with Crippen LogP contribution in [0.5, 0.6) is 0 Å². The fourth-order valence-corrected chi connectivity index (χ4v) is 2.48. The first kappa shape index (κ1) is 20.9. The molecule has 0 aromatic heterocycles. The van der Waals surface area contributed by atoms with Gasteiger partial charge in [-0.15, -0.1) is 0 Å². The van der Waals surface area contributed by atoms with Crippen molar-refractivity contribution in [3.05, 3.63) is 29.6 Å². The minimum absolute atomic E-state index is 0.185. The van der Waals surface area contributed by atoms with Crippen LogP contribution in [0.4, 0.5) is 10.1 Å². The smallest absolute Gasteiger partial charge is 0.123 e. The van der Waals surface area contributed by atoms with Crippen molar-refractivity contribution < 1.29 is 9.13 Å². The third kappa shape index (κ3) is 8.08. The highest BCUT2D eigenvalue weighted by Gasteiger charge is 2.11. The molecule has 0 unspecified atom stereocenters.